The molecule has 21 heavy (non-hydrogen) atoms. The highest BCUT2D eigenvalue weighted by Crippen LogP contribution is 2.14. The molecule has 0 radical (unpaired) electrons. The molecule has 1 atom stereocenters. The Balaban J connectivity index is 2.00. The minimum atomic E-state index is -0.125. The van der Waals surface area contributed by atoms with Crippen molar-refractivity contribution in [2.75, 3.05) is 12.0 Å². The summed E-state index contributed by atoms with van der Waals surface area (Å²) in [5.41, 5.74) is 4.96. The first kappa shape index (κ1) is 15.0. The highest BCUT2D eigenvalue weighted by atomic mass is 16.1. The number of hydrogen-bond acceptors (Lipinski definition) is 4. The predicted molar refractivity (Wildman–Crippen MR) is 84.0 cm³/mol. The number of hydrazine groups is 1. The van der Waals surface area contributed by atoms with E-state index >= 15 is 0 Å². The molecule has 0 aliphatic rings. The molecule has 2 rings (SSSR count). The zero-order valence-electron chi connectivity index (χ0n) is 12.3. The number of nitrogens with two attached hydrogens (primary N) is 1. The fraction of sp³-hybridized carbons (Fsp3) is 0.250. The van der Waals surface area contributed by atoms with Gasteiger partial charge in [-0.2, -0.15) is 0 Å². The van der Waals surface area contributed by atoms with E-state index in [1.807, 2.05) is 25.1 Å². The second kappa shape index (κ2) is 6.85. The summed E-state index contributed by atoms with van der Waals surface area (Å²) in [4.78, 5) is 16.4. The summed E-state index contributed by atoms with van der Waals surface area (Å²) in [7, 11) is 0. The van der Waals surface area contributed by atoms with Gasteiger partial charge in [0.25, 0.3) is 5.91 Å². The average Bonchev–Trinajstić information content (AvgIpc) is 2.52. The highest BCUT2D eigenvalue weighted by molar-refractivity contribution is 5.95. The lowest BCUT2D eigenvalue weighted by Crippen LogP contribution is -2.27. The molecule has 0 aliphatic heterocycles. The number of hydrogen-bond donors (Lipinski definition) is 3. The maximum atomic E-state index is 12.2. The number of benzene rings is 1. The third-order valence-electron chi connectivity index (χ3n) is 3.30. The minimum absolute atomic E-state index is 0.125. The van der Waals surface area contributed by atoms with Crippen LogP contribution in [-0.4, -0.2) is 17.4 Å². The summed E-state index contributed by atoms with van der Waals surface area (Å²) in [6, 6.07) is 13.5. The average molecular weight is 284 g/mol. The van der Waals surface area contributed by atoms with Gasteiger partial charge in [-0.25, -0.2) is 10.8 Å². The Labute approximate surface area is 124 Å². The Morgan fingerprint density at radius 3 is 2.67 bits per heavy atom. The number of pyridine rings is 1. The Morgan fingerprint density at radius 1 is 1.29 bits per heavy atom. The van der Waals surface area contributed by atoms with Crippen LogP contribution in [-0.2, 0) is 0 Å². The van der Waals surface area contributed by atoms with Gasteiger partial charge < -0.3 is 10.7 Å². The Bertz CT molecular complexity index is 613. The van der Waals surface area contributed by atoms with Crippen molar-refractivity contribution in [1.82, 2.24) is 10.3 Å². The molecule has 1 amide bonds. The molecule has 0 fully saturated rings. The van der Waals surface area contributed by atoms with Crippen LogP contribution in [0.1, 0.15) is 34.5 Å². The van der Waals surface area contributed by atoms with Gasteiger partial charge in [0.1, 0.15) is 5.82 Å². The topological polar surface area (TPSA) is 80.0 Å². The number of carbonyl (C=O) groups excluding carboxylic acids is 1. The molecule has 1 aromatic heterocycles. The summed E-state index contributed by atoms with van der Waals surface area (Å²) in [6.45, 7) is 4.49. The monoisotopic (exact) mass is 284 g/mol. The van der Waals surface area contributed by atoms with Crippen molar-refractivity contribution in [2.45, 2.75) is 19.8 Å². The van der Waals surface area contributed by atoms with E-state index in [-0.39, 0.29) is 11.8 Å². The van der Waals surface area contributed by atoms with Crippen molar-refractivity contribution in [3.05, 3.63) is 59.3 Å². The maximum absolute atomic E-state index is 12.2. The van der Waals surface area contributed by atoms with E-state index in [0.717, 1.165) is 5.69 Å². The van der Waals surface area contributed by atoms with E-state index in [0.29, 0.717) is 17.9 Å². The number of nitrogens with zero attached hydrogens (tertiary/aromatic N) is 1. The summed E-state index contributed by atoms with van der Waals surface area (Å²) in [6.07, 6.45) is 0. The number of aromatic nitrogens is 1. The van der Waals surface area contributed by atoms with Crippen LogP contribution in [0.5, 0.6) is 0 Å². The smallest absolute Gasteiger partial charge is 0.251 e. The Kier molecular flexibility index (Phi) is 4.90. The van der Waals surface area contributed by atoms with Crippen molar-refractivity contribution in [3.8, 4) is 0 Å². The number of anilines is 1. The normalized spacial score (nSPS) is 11.8. The molecule has 110 valence electrons. The second-order valence-electron chi connectivity index (χ2n) is 5.05. The number of aryl methyl sites for hydroxylation is 1. The molecule has 0 saturated carbocycles. The molecule has 5 heteroatoms. The van der Waals surface area contributed by atoms with Gasteiger partial charge in [-0.1, -0.05) is 37.3 Å². The molecular formula is C16H20N4O. The number of carbonyl (C=O) groups is 1. The van der Waals surface area contributed by atoms with Gasteiger partial charge in [0, 0.05) is 17.8 Å². The Hall–Kier alpha value is -2.40. The summed E-state index contributed by atoms with van der Waals surface area (Å²) in [5.74, 6) is 5.95. The van der Waals surface area contributed by atoms with Gasteiger partial charge in [-0.3, -0.25) is 4.79 Å². The molecule has 1 heterocycles. The van der Waals surface area contributed by atoms with Gasteiger partial charge in [-0.05, 0) is 30.5 Å². The van der Waals surface area contributed by atoms with Gasteiger partial charge in [0.05, 0.1) is 0 Å². The molecule has 1 unspecified atom stereocenters. The SMILES string of the molecule is Cc1cc(C(=O)NCC(C)c2ccccc2)cc(NN)n1. The van der Waals surface area contributed by atoms with Crippen LogP contribution < -0.4 is 16.6 Å². The van der Waals surface area contributed by atoms with Crippen LogP contribution in [0.4, 0.5) is 5.82 Å². The van der Waals surface area contributed by atoms with Crippen LogP contribution in [0.15, 0.2) is 42.5 Å². The van der Waals surface area contributed by atoms with Crippen molar-refractivity contribution < 1.29 is 4.79 Å². The van der Waals surface area contributed by atoms with Crippen LogP contribution in [0.2, 0.25) is 0 Å². The van der Waals surface area contributed by atoms with Gasteiger partial charge in [0.2, 0.25) is 0 Å². The first-order valence-electron chi connectivity index (χ1n) is 6.88. The second-order valence-corrected chi connectivity index (χ2v) is 5.05. The highest BCUT2D eigenvalue weighted by Gasteiger charge is 2.11. The van der Waals surface area contributed by atoms with E-state index in [9.17, 15) is 4.79 Å². The summed E-state index contributed by atoms with van der Waals surface area (Å²) >= 11 is 0. The van der Waals surface area contributed by atoms with Crippen molar-refractivity contribution in [1.29, 1.82) is 0 Å². The van der Waals surface area contributed by atoms with Gasteiger partial charge in [0.15, 0.2) is 0 Å². The first-order chi connectivity index (χ1) is 10.1. The van der Waals surface area contributed by atoms with Gasteiger partial charge >= 0.3 is 0 Å². The fourth-order valence-corrected chi connectivity index (χ4v) is 2.12. The quantitative estimate of drug-likeness (QED) is 0.581. The molecule has 0 aliphatic carbocycles. The lowest BCUT2D eigenvalue weighted by molar-refractivity contribution is 0.0951. The third-order valence-corrected chi connectivity index (χ3v) is 3.30. The molecule has 1 aromatic carbocycles. The zero-order valence-corrected chi connectivity index (χ0v) is 12.3. The van der Waals surface area contributed by atoms with Crippen LogP contribution >= 0.6 is 0 Å². The van der Waals surface area contributed by atoms with E-state index in [1.165, 1.54) is 5.56 Å². The third kappa shape index (κ3) is 4.03. The molecule has 2 aromatic rings. The van der Waals surface area contributed by atoms with Crippen molar-refractivity contribution in [2.24, 2.45) is 5.84 Å². The maximum Gasteiger partial charge on any atom is 0.251 e. The van der Waals surface area contributed by atoms with E-state index in [4.69, 9.17) is 5.84 Å². The molecule has 5 nitrogen and oxygen atoms in total. The lowest BCUT2D eigenvalue weighted by Gasteiger charge is -2.13. The van der Waals surface area contributed by atoms with Crippen molar-refractivity contribution >= 4 is 11.7 Å². The van der Waals surface area contributed by atoms with E-state index in [1.54, 1.807) is 12.1 Å². The van der Waals surface area contributed by atoms with E-state index in [2.05, 4.69) is 34.8 Å². The zero-order chi connectivity index (χ0) is 15.2. The molecule has 0 bridgehead atoms. The molecular weight excluding hydrogens is 264 g/mol. The minimum Gasteiger partial charge on any atom is -0.351 e. The Morgan fingerprint density at radius 2 is 2.00 bits per heavy atom. The number of nitrogens with one attached hydrogen (secondary N) is 2. The van der Waals surface area contributed by atoms with Crippen molar-refractivity contribution in [3.63, 3.8) is 0 Å². The lowest BCUT2D eigenvalue weighted by atomic mass is 10.0. The van der Waals surface area contributed by atoms with Crippen LogP contribution in [0.25, 0.3) is 0 Å². The standard InChI is InChI=1S/C16H20N4O/c1-11(13-6-4-3-5-7-13)10-18-16(21)14-8-12(2)19-15(9-14)20-17/h3-9,11H,10,17H2,1-2H3,(H,18,21)(H,19,20). The number of amides is 1. The largest absolute Gasteiger partial charge is 0.351 e. The predicted octanol–water partition coefficient (Wildman–Crippen LogP) is 2.21. The van der Waals surface area contributed by atoms with E-state index < -0.39 is 0 Å². The van der Waals surface area contributed by atoms with Crippen LogP contribution in [0.3, 0.4) is 0 Å². The first-order valence-corrected chi connectivity index (χ1v) is 6.88. The molecule has 4 N–H and O–H groups in total. The molecule has 0 saturated heterocycles. The van der Waals surface area contributed by atoms with Gasteiger partial charge in [-0.15, -0.1) is 0 Å². The number of nitrogen functional groups attached to an aromatic ring is 1. The summed E-state index contributed by atoms with van der Waals surface area (Å²) in [5, 5.41) is 2.94. The fourth-order valence-electron chi connectivity index (χ4n) is 2.12. The van der Waals surface area contributed by atoms with Crippen LogP contribution in [0, 0.1) is 6.92 Å². The summed E-state index contributed by atoms with van der Waals surface area (Å²) < 4.78 is 0. The molecule has 0 spiro atoms. The number of rotatable bonds is 5.